The van der Waals surface area contributed by atoms with Gasteiger partial charge in [0.15, 0.2) is 0 Å². The summed E-state index contributed by atoms with van der Waals surface area (Å²) in [5.41, 5.74) is -0.176. The van der Waals surface area contributed by atoms with Gasteiger partial charge >= 0.3 is 11.9 Å². The molecule has 2 atom stereocenters. The number of hydrogen-bond acceptors (Lipinski definition) is 6. The third kappa shape index (κ3) is 6.75. The van der Waals surface area contributed by atoms with Crippen molar-refractivity contribution >= 4 is 17.8 Å². The first-order chi connectivity index (χ1) is 12.3. The van der Waals surface area contributed by atoms with Crippen LogP contribution in [0.4, 0.5) is 0 Å². The minimum absolute atomic E-state index is 0.0818. The molecule has 0 aliphatic carbocycles. The summed E-state index contributed by atoms with van der Waals surface area (Å²) < 4.78 is 5.03. The largest absolute Gasteiger partial charge is 0.480 e. The molecule has 1 heterocycles. The number of carbonyl (C=O) groups excluding carboxylic acids is 2. The molecule has 0 aromatic heterocycles. The fourth-order valence-electron chi connectivity index (χ4n) is 2.83. The standard InChI is InChI=1S/C18H27N3O5/c1-4-26-18(25)13-6-5-7-21(10-13)11-14(9-19)16(22)20-15(17(23)24)8-12(2)3/h11-13,15H,4-8,10H2,1-3H3,(H,20,22)(H,23,24)/b14-11-. The number of esters is 1. The van der Waals surface area contributed by atoms with E-state index >= 15 is 0 Å². The second-order valence-electron chi connectivity index (χ2n) is 6.73. The van der Waals surface area contributed by atoms with E-state index in [2.05, 4.69) is 5.32 Å². The second kappa shape index (κ2) is 10.4. The molecule has 1 aliphatic heterocycles. The fraction of sp³-hybridized carbons (Fsp3) is 0.667. The van der Waals surface area contributed by atoms with Gasteiger partial charge in [-0.3, -0.25) is 9.59 Å². The van der Waals surface area contributed by atoms with E-state index in [-0.39, 0.29) is 29.8 Å². The average molecular weight is 365 g/mol. The number of carboxylic acid groups (broad SMARTS) is 1. The molecular formula is C18H27N3O5. The molecule has 1 aliphatic rings. The molecule has 1 saturated heterocycles. The Balaban J connectivity index is 2.79. The number of amides is 1. The van der Waals surface area contributed by atoms with Crippen molar-refractivity contribution < 1.29 is 24.2 Å². The van der Waals surface area contributed by atoms with E-state index in [0.717, 1.165) is 6.42 Å². The summed E-state index contributed by atoms with van der Waals surface area (Å²) in [5.74, 6) is -2.35. The summed E-state index contributed by atoms with van der Waals surface area (Å²) in [5, 5.41) is 20.9. The van der Waals surface area contributed by atoms with Gasteiger partial charge in [0.1, 0.15) is 17.7 Å². The number of ether oxygens (including phenoxy) is 1. The van der Waals surface area contributed by atoms with E-state index in [0.29, 0.717) is 26.1 Å². The maximum atomic E-state index is 12.3. The molecule has 1 rings (SSSR count). The van der Waals surface area contributed by atoms with Crippen LogP contribution in [0.15, 0.2) is 11.8 Å². The Hall–Kier alpha value is -2.56. The van der Waals surface area contributed by atoms with Gasteiger partial charge in [0, 0.05) is 19.3 Å². The molecular weight excluding hydrogens is 338 g/mol. The summed E-state index contributed by atoms with van der Waals surface area (Å²) in [7, 11) is 0. The van der Waals surface area contributed by atoms with Crippen molar-refractivity contribution in [3.8, 4) is 6.07 Å². The maximum Gasteiger partial charge on any atom is 0.326 e. The van der Waals surface area contributed by atoms with Crippen molar-refractivity contribution in [2.45, 2.75) is 46.1 Å². The number of nitrogens with zero attached hydrogens (tertiary/aromatic N) is 2. The number of rotatable bonds is 8. The van der Waals surface area contributed by atoms with Crippen LogP contribution >= 0.6 is 0 Å². The first-order valence-electron chi connectivity index (χ1n) is 8.84. The normalized spacial score (nSPS) is 18.8. The Kier molecular flexibility index (Phi) is 8.62. The number of likely N-dealkylation sites (tertiary alicyclic amines) is 1. The van der Waals surface area contributed by atoms with Crippen molar-refractivity contribution in [2.24, 2.45) is 11.8 Å². The van der Waals surface area contributed by atoms with E-state index in [1.54, 1.807) is 11.8 Å². The Bertz CT molecular complexity index is 594. The molecule has 0 aromatic rings. The molecule has 0 spiro atoms. The predicted molar refractivity (Wildman–Crippen MR) is 93.6 cm³/mol. The SMILES string of the molecule is CCOC(=O)C1CCCN(/C=C(/C#N)C(=O)NC(CC(C)C)C(=O)O)C1. The van der Waals surface area contributed by atoms with E-state index < -0.39 is 17.9 Å². The van der Waals surface area contributed by atoms with Crippen LogP contribution in [0.1, 0.15) is 40.0 Å². The van der Waals surface area contributed by atoms with Crippen LogP contribution in [0.2, 0.25) is 0 Å². The summed E-state index contributed by atoms with van der Waals surface area (Å²) >= 11 is 0. The van der Waals surface area contributed by atoms with Crippen LogP contribution in [0.25, 0.3) is 0 Å². The maximum absolute atomic E-state index is 12.3. The topological polar surface area (TPSA) is 120 Å². The van der Waals surface area contributed by atoms with Crippen LogP contribution in [0.5, 0.6) is 0 Å². The molecule has 0 bridgehead atoms. The lowest BCUT2D eigenvalue weighted by atomic mass is 9.98. The van der Waals surface area contributed by atoms with Crippen molar-refractivity contribution in [2.75, 3.05) is 19.7 Å². The van der Waals surface area contributed by atoms with E-state index in [1.165, 1.54) is 6.20 Å². The van der Waals surface area contributed by atoms with Crippen molar-refractivity contribution in [1.29, 1.82) is 5.26 Å². The van der Waals surface area contributed by atoms with Gasteiger partial charge in [-0.1, -0.05) is 13.8 Å². The van der Waals surface area contributed by atoms with E-state index in [1.807, 2.05) is 19.9 Å². The minimum Gasteiger partial charge on any atom is -0.480 e. The molecule has 144 valence electrons. The smallest absolute Gasteiger partial charge is 0.326 e. The molecule has 2 unspecified atom stereocenters. The van der Waals surface area contributed by atoms with Gasteiger partial charge in [0.25, 0.3) is 5.91 Å². The Morgan fingerprint density at radius 1 is 1.42 bits per heavy atom. The lowest BCUT2D eigenvalue weighted by Crippen LogP contribution is -2.43. The fourth-order valence-corrected chi connectivity index (χ4v) is 2.83. The number of nitrogens with one attached hydrogen (secondary N) is 1. The summed E-state index contributed by atoms with van der Waals surface area (Å²) in [4.78, 5) is 37.2. The number of carbonyl (C=O) groups is 3. The van der Waals surface area contributed by atoms with Gasteiger partial charge in [-0.15, -0.1) is 0 Å². The first-order valence-corrected chi connectivity index (χ1v) is 8.84. The van der Waals surface area contributed by atoms with Crippen molar-refractivity contribution in [3.63, 3.8) is 0 Å². The molecule has 0 radical (unpaired) electrons. The van der Waals surface area contributed by atoms with Gasteiger partial charge in [-0.25, -0.2) is 4.79 Å². The Labute approximate surface area is 153 Å². The number of nitriles is 1. The lowest BCUT2D eigenvalue weighted by molar-refractivity contribution is -0.149. The average Bonchev–Trinajstić information content (AvgIpc) is 2.58. The second-order valence-corrected chi connectivity index (χ2v) is 6.73. The third-order valence-electron chi connectivity index (χ3n) is 4.06. The highest BCUT2D eigenvalue weighted by Gasteiger charge is 2.27. The number of carboxylic acids is 1. The van der Waals surface area contributed by atoms with Gasteiger partial charge in [0.2, 0.25) is 0 Å². The van der Waals surface area contributed by atoms with Gasteiger partial charge in [-0.2, -0.15) is 5.26 Å². The zero-order valence-corrected chi connectivity index (χ0v) is 15.5. The quantitative estimate of drug-likeness (QED) is 0.378. The summed E-state index contributed by atoms with van der Waals surface area (Å²) in [6.45, 7) is 6.74. The van der Waals surface area contributed by atoms with Crippen molar-refractivity contribution in [1.82, 2.24) is 10.2 Å². The minimum atomic E-state index is -1.13. The van der Waals surface area contributed by atoms with Crippen molar-refractivity contribution in [3.05, 3.63) is 11.8 Å². The summed E-state index contributed by atoms with van der Waals surface area (Å²) in [6, 6.07) is 0.766. The number of piperidine rings is 1. The van der Waals surface area contributed by atoms with E-state index in [4.69, 9.17) is 4.74 Å². The molecule has 2 N–H and O–H groups in total. The lowest BCUT2D eigenvalue weighted by Gasteiger charge is -2.30. The highest BCUT2D eigenvalue weighted by Crippen LogP contribution is 2.19. The first kappa shape index (κ1) is 21.5. The Morgan fingerprint density at radius 2 is 2.12 bits per heavy atom. The number of aliphatic carboxylic acids is 1. The van der Waals surface area contributed by atoms with Crippen LogP contribution < -0.4 is 5.32 Å². The number of hydrogen-bond donors (Lipinski definition) is 2. The molecule has 1 amide bonds. The van der Waals surface area contributed by atoms with Gasteiger partial charge < -0.3 is 20.1 Å². The molecule has 1 fully saturated rings. The third-order valence-corrected chi connectivity index (χ3v) is 4.06. The molecule has 26 heavy (non-hydrogen) atoms. The van der Waals surface area contributed by atoms with Crippen LogP contribution in [0.3, 0.4) is 0 Å². The monoisotopic (exact) mass is 365 g/mol. The molecule has 8 nitrogen and oxygen atoms in total. The zero-order valence-electron chi connectivity index (χ0n) is 15.5. The zero-order chi connectivity index (χ0) is 19.7. The highest BCUT2D eigenvalue weighted by molar-refractivity contribution is 5.99. The molecule has 0 aromatic carbocycles. The van der Waals surface area contributed by atoms with Crippen LogP contribution in [-0.4, -0.2) is 53.6 Å². The van der Waals surface area contributed by atoms with Gasteiger partial charge in [-0.05, 0) is 32.1 Å². The highest BCUT2D eigenvalue weighted by atomic mass is 16.5. The van der Waals surface area contributed by atoms with Gasteiger partial charge in [0.05, 0.1) is 12.5 Å². The van der Waals surface area contributed by atoms with Crippen LogP contribution in [-0.2, 0) is 19.1 Å². The summed E-state index contributed by atoms with van der Waals surface area (Å²) in [6.07, 6.45) is 3.11. The molecule has 0 saturated carbocycles. The Morgan fingerprint density at radius 3 is 2.65 bits per heavy atom. The molecule has 8 heteroatoms. The van der Waals surface area contributed by atoms with Crippen LogP contribution in [0, 0.1) is 23.2 Å². The van der Waals surface area contributed by atoms with E-state index in [9.17, 15) is 24.8 Å². The predicted octanol–water partition coefficient (Wildman–Crippen LogP) is 1.28.